The lowest BCUT2D eigenvalue weighted by molar-refractivity contribution is -0.137. The van der Waals surface area contributed by atoms with Gasteiger partial charge in [0.2, 0.25) is 0 Å². The summed E-state index contributed by atoms with van der Waals surface area (Å²) in [5.74, 6) is -0.255. The van der Waals surface area contributed by atoms with E-state index in [9.17, 15) is 13.2 Å². The molecule has 0 atom stereocenters. The average Bonchev–Trinajstić information content (AvgIpc) is 2.07. The van der Waals surface area contributed by atoms with Gasteiger partial charge < -0.3 is 5.73 Å². The van der Waals surface area contributed by atoms with Crippen LogP contribution in [-0.2, 0) is 12.1 Å². The fraction of sp³-hybridized carbons (Fsp3) is 0.250. The molecule has 0 unspecified atom stereocenters. The van der Waals surface area contributed by atoms with E-state index >= 15 is 0 Å². The smallest absolute Gasteiger partial charge is 0.398 e. The predicted molar refractivity (Wildman–Crippen MR) is 50.4 cm³/mol. The van der Waals surface area contributed by atoms with Gasteiger partial charge in [-0.1, -0.05) is 17.7 Å². The second-order valence-electron chi connectivity index (χ2n) is 2.63. The van der Waals surface area contributed by atoms with Crippen LogP contribution in [0.4, 0.5) is 18.9 Å². The van der Waals surface area contributed by atoms with E-state index in [2.05, 4.69) is 0 Å². The van der Waals surface area contributed by atoms with Gasteiger partial charge in [-0.2, -0.15) is 13.2 Å². The van der Waals surface area contributed by atoms with Crippen LogP contribution < -0.4 is 5.73 Å². The molecule has 0 aromatic heterocycles. The molecule has 1 rings (SSSR count). The van der Waals surface area contributed by atoms with Gasteiger partial charge in [0.1, 0.15) is 0 Å². The molecule has 0 fully saturated rings. The first-order valence-corrected chi connectivity index (χ1v) is 4.49. The van der Waals surface area contributed by atoms with Crippen molar-refractivity contribution in [2.24, 2.45) is 0 Å². The maximum Gasteiger partial charge on any atom is 0.418 e. The second kappa shape index (κ2) is 3.87. The van der Waals surface area contributed by atoms with Crippen LogP contribution in [0.15, 0.2) is 12.1 Å². The summed E-state index contributed by atoms with van der Waals surface area (Å²) in [6.07, 6.45) is -4.53. The summed E-state index contributed by atoms with van der Waals surface area (Å²) < 4.78 is 37.4. The van der Waals surface area contributed by atoms with Gasteiger partial charge in [-0.15, -0.1) is 11.6 Å². The van der Waals surface area contributed by atoms with Gasteiger partial charge in [-0.25, -0.2) is 0 Å². The summed E-state index contributed by atoms with van der Waals surface area (Å²) in [4.78, 5) is 0. The highest BCUT2D eigenvalue weighted by atomic mass is 35.5. The molecule has 0 radical (unpaired) electrons. The largest absolute Gasteiger partial charge is 0.418 e. The van der Waals surface area contributed by atoms with E-state index in [1.807, 2.05) is 0 Å². The topological polar surface area (TPSA) is 26.0 Å². The lowest BCUT2D eigenvalue weighted by Gasteiger charge is -2.14. The minimum absolute atomic E-state index is 0.0710. The fourth-order valence-corrected chi connectivity index (χ4v) is 1.56. The third kappa shape index (κ3) is 2.07. The van der Waals surface area contributed by atoms with E-state index < -0.39 is 16.8 Å². The molecule has 78 valence electrons. The number of halogens is 5. The molecule has 1 aromatic rings. The van der Waals surface area contributed by atoms with Crippen LogP contribution in [0.5, 0.6) is 0 Å². The first-order chi connectivity index (χ1) is 6.38. The molecule has 0 spiro atoms. The van der Waals surface area contributed by atoms with E-state index in [-0.39, 0.29) is 17.1 Å². The van der Waals surface area contributed by atoms with Crippen molar-refractivity contribution in [3.8, 4) is 0 Å². The zero-order valence-corrected chi connectivity index (χ0v) is 8.34. The molecule has 2 N–H and O–H groups in total. The number of nitrogens with two attached hydrogens (primary N) is 1. The molecule has 14 heavy (non-hydrogen) atoms. The van der Waals surface area contributed by atoms with Crippen molar-refractivity contribution in [3.05, 3.63) is 28.3 Å². The van der Waals surface area contributed by atoms with Crippen molar-refractivity contribution in [1.29, 1.82) is 0 Å². The molecule has 0 saturated carbocycles. The highest BCUT2D eigenvalue weighted by molar-refractivity contribution is 6.34. The maximum absolute atomic E-state index is 12.5. The third-order valence-corrected chi connectivity index (χ3v) is 2.38. The zero-order chi connectivity index (χ0) is 10.9. The number of anilines is 1. The highest BCUT2D eigenvalue weighted by Gasteiger charge is 2.36. The molecule has 0 saturated heterocycles. The van der Waals surface area contributed by atoms with Crippen molar-refractivity contribution < 1.29 is 13.2 Å². The Hall–Kier alpha value is -0.610. The number of alkyl halides is 4. The van der Waals surface area contributed by atoms with Gasteiger partial charge in [-0.3, -0.25) is 0 Å². The number of nitrogen functional groups attached to an aromatic ring is 1. The Morgan fingerprint density at radius 1 is 1.29 bits per heavy atom. The van der Waals surface area contributed by atoms with Crippen LogP contribution in [0.2, 0.25) is 5.02 Å². The molecule has 0 aliphatic rings. The van der Waals surface area contributed by atoms with Crippen molar-refractivity contribution in [2.45, 2.75) is 12.1 Å². The minimum atomic E-state index is -4.53. The number of hydrogen-bond acceptors (Lipinski definition) is 1. The lowest BCUT2D eigenvalue weighted by atomic mass is 10.1. The van der Waals surface area contributed by atoms with Crippen LogP contribution in [0.25, 0.3) is 0 Å². The second-order valence-corrected chi connectivity index (χ2v) is 3.28. The number of benzene rings is 1. The molecule has 1 aromatic carbocycles. The number of rotatable bonds is 1. The molecule has 0 heterocycles. The van der Waals surface area contributed by atoms with Gasteiger partial charge in [0.25, 0.3) is 0 Å². The molecular formula is C8H6Cl2F3N. The summed E-state index contributed by atoms with van der Waals surface area (Å²) >= 11 is 10.8. The molecule has 0 bridgehead atoms. The lowest BCUT2D eigenvalue weighted by Crippen LogP contribution is -2.10. The summed E-state index contributed by atoms with van der Waals surface area (Å²) in [7, 11) is 0. The third-order valence-electron chi connectivity index (χ3n) is 1.69. The first-order valence-electron chi connectivity index (χ1n) is 3.58. The highest BCUT2D eigenvalue weighted by Crippen LogP contribution is 2.40. The van der Waals surface area contributed by atoms with Gasteiger partial charge in [0.15, 0.2) is 0 Å². The van der Waals surface area contributed by atoms with Crippen LogP contribution in [-0.4, -0.2) is 0 Å². The monoisotopic (exact) mass is 243 g/mol. The van der Waals surface area contributed by atoms with E-state index in [1.54, 1.807) is 0 Å². The summed E-state index contributed by atoms with van der Waals surface area (Å²) in [5, 5.41) is -0.490. The average molecular weight is 244 g/mol. The molecule has 0 aliphatic heterocycles. The van der Waals surface area contributed by atoms with Crippen LogP contribution >= 0.6 is 23.2 Å². The SMILES string of the molecule is Nc1ccc(CCl)c(C(F)(F)F)c1Cl. The van der Waals surface area contributed by atoms with E-state index in [0.29, 0.717) is 0 Å². The molecule has 0 amide bonds. The van der Waals surface area contributed by atoms with Gasteiger partial charge in [0.05, 0.1) is 16.3 Å². The van der Waals surface area contributed by atoms with Crippen molar-refractivity contribution in [1.82, 2.24) is 0 Å². The van der Waals surface area contributed by atoms with Gasteiger partial charge >= 0.3 is 6.18 Å². The molecular weight excluding hydrogens is 238 g/mol. The fourth-order valence-electron chi connectivity index (χ4n) is 1.05. The number of hydrogen-bond donors (Lipinski definition) is 1. The van der Waals surface area contributed by atoms with Crippen LogP contribution in [0.1, 0.15) is 11.1 Å². The summed E-state index contributed by atoms with van der Waals surface area (Å²) in [6.45, 7) is 0. The van der Waals surface area contributed by atoms with E-state index in [4.69, 9.17) is 28.9 Å². The van der Waals surface area contributed by atoms with Crippen LogP contribution in [0, 0.1) is 0 Å². The van der Waals surface area contributed by atoms with Crippen LogP contribution in [0.3, 0.4) is 0 Å². The minimum Gasteiger partial charge on any atom is -0.398 e. The Morgan fingerprint density at radius 3 is 2.29 bits per heavy atom. The Bertz CT molecular complexity index is 349. The van der Waals surface area contributed by atoms with Gasteiger partial charge in [0, 0.05) is 5.88 Å². The zero-order valence-electron chi connectivity index (χ0n) is 6.83. The quantitative estimate of drug-likeness (QED) is 0.591. The van der Waals surface area contributed by atoms with Crippen molar-refractivity contribution in [3.63, 3.8) is 0 Å². The molecule has 6 heteroatoms. The molecule has 1 nitrogen and oxygen atoms in total. The standard InChI is InChI=1S/C8H6Cl2F3N/c9-3-4-1-2-5(14)7(10)6(4)8(11,12)13/h1-2H,3,14H2. The Morgan fingerprint density at radius 2 is 1.86 bits per heavy atom. The summed E-state index contributed by atoms with van der Waals surface area (Å²) in [5.41, 5.74) is 4.14. The Kier molecular flexibility index (Phi) is 3.17. The maximum atomic E-state index is 12.5. The summed E-state index contributed by atoms with van der Waals surface area (Å²) in [6, 6.07) is 2.52. The van der Waals surface area contributed by atoms with Gasteiger partial charge in [-0.05, 0) is 11.6 Å². The molecule has 0 aliphatic carbocycles. The normalized spacial score (nSPS) is 11.8. The Labute approximate surface area is 88.6 Å². The van der Waals surface area contributed by atoms with E-state index in [1.165, 1.54) is 12.1 Å². The van der Waals surface area contributed by atoms with E-state index in [0.717, 1.165) is 0 Å². The predicted octanol–water partition coefficient (Wildman–Crippen LogP) is 3.68. The van der Waals surface area contributed by atoms with Crippen molar-refractivity contribution >= 4 is 28.9 Å². The van der Waals surface area contributed by atoms with Crippen molar-refractivity contribution in [2.75, 3.05) is 5.73 Å². The Balaban J connectivity index is 3.44. The first kappa shape index (κ1) is 11.5.